The van der Waals surface area contributed by atoms with Gasteiger partial charge in [-0.25, -0.2) is 0 Å². The second kappa shape index (κ2) is 10.4. The Morgan fingerprint density at radius 2 is 1.89 bits per heavy atom. The molecule has 1 nitrogen and oxygen atoms in total. The van der Waals surface area contributed by atoms with E-state index in [0.717, 1.165) is 45.1 Å². The van der Waals surface area contributed by atoms with E-state index in [2.05, 4.69) is 11.9 Å². The van der Waals surface area contributed by atoms with Crippen LogP contribution in [-0.2, 0) is 0 Å². The first-order valence-corrected chi connectivity index (χ1v) is 6.90. The zero-order chi connectivity index (χ0) is 13.9. The lowest BCUT2D eigenvalue weighted by Crippen LogP contribution is -2.31. The van der Waals surface area contributed by atoms with Gasteiger partial charge < -0.3 is 5.32 Å². The molecule has 0 aliphatic heterocycles. The fraction of sp³-hybridized carbons (Fsp3) is 0.857. The van der Waals surface area contributed by atoms with Gasteiger partial charge in [-0.3, -0.25) is 0 Å². The van der Waals surface area contributed by atoms with E-state index in [-0.39, 0.29) is 12.5 Å². The fourth-order valence-electron chi connectivity index (χ4n) is 1.89. The summed E-state index contributed by atoms with van der Waals surface area (Å²) >= 11 is 0. The molecule has 18 heavy (non-hydrogen) atoms. The summed E-state index contributed by atoms with van der Waals surface area (Å²) < 4.78 is 36.6. The molecule has 0 radical (unpaired) electrons. The molecule has 108 valence electrons. The lowest BCUT2D eigenvalue weighted by molar-refractivity contribution is -0.136. The van der Waals surface area contributed by atoms with Gasteiger partial charge in [-0.1, -0.05) is 25.8 Å². The number of nitrogens with one attached hydrogen (secondary N) is 1. The van der Waals surface area contributed by atoms with Crippen LogP contribution in [-0.4, -0.2) is 18.8 Å². The molecule has 0 saturated carbocycles. The monoisotopic (exact) mass is 265 g/mol. The smallest absolute Gasteiger partial charge is 0.314 e. The van der Waals surface area contributed by atoms with Gasteiger partial charge >= 0.3 is 6.18 Å². The number of rotatable bonds is 11. The number of alkyl halides is 3. The average molecular weight is 265 g/mol. The van der Waals surface area contributed by atoms with Gasteiger partial charge in [-0.05, 0) is 38.6 Å². The molecule has 1 atom stereocenters. The minimum absolute atomic E-state index is 0.00954. The summed E-state index contributed by atoms with van der Waals surface area (Å²) in [6, 6.07) is 0.00954. The van der Waals surface area contributed by atoms with Gasteiger partial charge in [0.25, 0.3) is 0 Å². The fourth-order valence-corrected chi connectivity index (χ4v) is 1.89. The van der Waals surface area contributed by atoms with Crippen LogP contribution in [0.5, 0.6) is 0 Å². The molecule has 0 amide bonds. The molecular formula is C14H26F3N. The van der Waals surface area contributed by atoms with Crippen LogP contribution in [0.3, 0.4) is 0 Å². The van der Waals surface area contributed by atoms with Crippen molar-refractivity contribution in [3.05, 3.63) is 12.7 Å². The van der Waals surface area contributed by atoms with Gasteiger partial charge in [0, 0.05) is 12.5 Å². The number of unbranched alkanes of at least 4 members (excludes halogenated alkanes) is 3. The van der Waals surface area contributed by atoms with Crippen molar-refractivity contribution >= 4 is 0 Å². The van der Waals surface area contributed by atoms with Crippen LogP contribution in [0.25, 0.3) is 0 Å². The minimum atomic E-state index is -4.03. The Morgan fingerprint density at radius 3 is 2.44 bits per heavy atom. The van der Waals surface area contributed by atoms with Gasteiger partial charge in [0.05, 0.1) is 0 Å². The molecule has 0 heterocycles. The Hall–Kier alpha value is -0.510. The van der Waals surface area contributed by atoms with Crippen LogP contribution in [0.1, 0.15) is 58.3 Å². The highest BCUT2D eigenvalue weighted by Gasteiger charge is 2.27. The first-order valence-electron chi connectivity index (χ1n) is 6.90. The quantitative estimate of drug-likeness (QED) is 0.416. The maximum atomic E-state index is 12.2. The topological polar surface area (TPSA) is 12.0 Å². The van der Waals surface area contributed by atoms with Crippen molar-refractivity contribution in [2.24, 2.45) is 0 Å². The highest BCUT2D eigenvalue weighted by atomic mass is 19.4. The van der Waals surface area contributed by atoms with E-state index in [1.54, 1.807) is 0 Å². The molecule has 0 rings (SSSR count). The van der Waals surface area contributed by atoms with E-state index in [4.69, 9.17) is 0 Å². The van der Waals surface area contributed by atoms with Crippen LogP contribution in [0.15, 0.2) is 12.7 Å². The zero-order valence-electron chi connectivity index (χ0n) is 11.4. The van der Waals surface area contributed by atoms with E-state index in [1.165, 1.54) is 0 Å². The Balaban J connectivity index is 3.80. The standard InChI is InChI=1S/C14H26F3N/c1-3-5-6-7-8-9-13(18-12-4-2)10-11-14(15,16)17/h3,13,18H,1,4-12H2,2H3. The van der Waals surface area contributed by atoms with Crippen LogP contribution in [0.2, 0.25) is 0 Å². The van der Waals surface area contributed by atoms with E-state index >= 15 is 0 Å². The normalized spacial score (nSPS) is 13.6. The number of hydrogen-bond acceptors (Lipinski definition) is 1. The lowest BCUT2D eigenvalue weighted by Gasteiger charge is -2.19. The predicted molar refractivity (Wildman–Crippen MR) is 70.7 cm³/mol. The maximum absolute atomic E-state index is 12.2. The van der Waals surface area contributed by atoms with Crippen molar-refractivity contribution in [3.8, 4) is 0 Å². The molecule has 4 heteroatoms. The van der Waals surface area contributed by atoms with Crippen LogP contribution >= 0.6 is 0 Å². The predicted octanol–water partition coefficient (Wildman–Crippen LogP) is 4.83. The molecule has 0 spiro atoms. The highest BCUT2D eigenvalue weighted by Crippen LogP contribution is 2.23. The SMILES string of the molecule is C=CCCCCCC(CCC(F)(F)F)NCCC. The first-order chi connectivity index (χ1) is 8.49. The largest absolute Gasteiger partial charge is 0.389 e. The van der Waals surface area contributed by atoms with Gasteiger partial charge in [0.2, 0.25) is 0 Å². The minimum Gasteiger partial charge on any atom is -0.314 e. The van der Waals surface area contributed by atoms with E-state index in [9.17, 15) is 13.2 Å². The van der Waals surface area contributed by atoms with Gasteiger partial charge in [-0.2, -0.15) is 13.2 Å². The third-order valence-corrected chi connectivity index (χ3v) is 2.92. The number of hydrogen-bond donors (Lipinski definition) is 1. The summed E-state index contributed by atoms with van der Waals surface area (Å²) in [5.74, 6) is 0. The molecule has 1 unspecified atom stereocenters. The second-order valence-electron chi connectivity index (χ2n) is 4.73. The summed E-state index contributed by atoms with van der Waals surface area (Å²) in [6.45, 7) is 6.48. The highest BCUT2D eigenvalue weighted by molar-refractivity contribution is 4.70. The summed E-state index contributed by atoms with van der Waals surface area (Å²) in [6.07, 6.45) is 3.32. The zero-order valence-corrected chi connectivity index (χ0v) is 11.4. The molecule has 0 saturated heterocycles. The molecule has 1 N–H and O–H groups in total. The summed E-state index contributed by atoms with van der Waals surface area (Å²) in [5.41, 5.74) is 0. The molecule has 0 aliphatic carbocycles. The molecule has 0 aromatic rings. The number of halogens is 3. The average Bonchev–Trinajstić information content (AvgIpc) is 2.30. The number of allylic oxidation sites excluding steroid dienone is 1. The Kier molecular flexibility index (Phi) is 10.1. The third-order valence-electron chi connectivity index (χ3n) is 2.92. The van der Waals surface area contributed by atoms with Crippen molar-refractivity contribution in [2.75, 3.05) is 6.54 Å². The molecule has 0 aromatic heterocycles. The van der Waals surface area contributed by atoms with Gasteiger partial charge in [-0.15, -0.1) is 6.58 Å². The molecule has 0 fully saturated rings. The van der Waals surface area contributed by atoms with Crippen molar-refractivity contribution in [3.63, 3.8) is 0 Å². The lowest BCUT2D eigenvalue weighted by atomic mass is 10.0. The van der Waals surface area contributed by atoms with Crippen LogP contribution in [0, 0.1) is 0 Å². The molecule has 0 aromatic carbocycles. The van der Waals surface area contributed by atoms with Crippen LogP contribution < -0.4 is 5.32 Å². The molecule has 0 bridgehead atoms. The summed E-state index contributed by atoms with van der Waals surface area (Å²) in [7, 11) is 0. The Morgan fingerprint density at radius 1 is 1.17 bits per heavy atom. The summed E-state index contributed by atoms with van der Waals surface area (Å²) in [4.78, 5) is 0. The molecular weight excluding hydrogens is 239 g/mol. The van der Waals surface area contributed by atoms with Crippen molar-refractivity contribution < 1.29 is 13.2 Å². The van der Waals surface area contributed by atoms with Gasteiger partial charge in [0.1, 0.15) is 0 Å². The van der Waals surface area contributed by atoms with E-state index in [1.807, 2.05) is 13.0 Å². The first kappa shape index (κ1) is 17.5. The maximum Gasteiger partial charge on any atom is 0.389 e. The van der Waals surface area contributed by atoms with Crippen LogP contribution in [0.4, 0.5) is 13.2 Å². The van der Waals surface area contributed by atoms with Crippen molar-refractivity contribution in [1.82, 2.24) is 5.32 Å². The third kappa shape index (κ3) is 12.0. The van der Waals surface area contributed by atoms with E-state index < -0.39 is 12.6 Å². The summed E-state index contributed by atoms with van der Waals surface area (Å²) in [5, 5.41) is 3.21. The van der Waals surface area contributed by atoms with Gasteiger partial charge in [0.15, 0.2) is 0 Å². The van der Waals surface area contributed by atoms with E-state index in [0.29, 0.717) is 0 Å². The second-order valence-corrected chi connectivity index (χ2v) is 4.73. The Labute approximate surface area is 109 Å². The Bertz CT molecular complexity index is 202. The molecule has 0 aliphatic rings. The van der Waals surface area contributed by atoms with Crippen molar-refractivity contribution in [1.29, 1.82) is 0 Å². The van der Waals surface area contributed by atoms with Crippen molar-refractivity contribution in [2.45, 2.75) is 70.5 Å².